The van der Waals surface area contributed by atoms with Crippen LogP contribution < -0.4 is 9.80 Å². The molecule has 0 aliphatic heterocycles. The van der Waals surface area contributed by atoms with Crippen LogP contribution in [0.5, 0.6) is 0 Å². The van der Waals surface area contributed by atoms with Gasteiger partial charge in [0.05, 0.1) is 11.4 Å². The molecule has 66 heavy (non-hydrogen) atoms. The number of aryl methyl sites for hydroxylation is 2. The van der Waals surface area contributed by atoms with Crippen LogP contribution in [0.4, 0.5) is 34.1 Å². The predicted molar refractivity (Wildman–Crippen MR) is 276 cm³/mol. The van der Waals surface area contributed by atoms with Crippen LogP contribution in [0, 0.1) is 13.8 Å². The van der Waals surface area contributed by atoms with Gasteiger partial charge in [0.15, 0.2) is 0 Å². The minimum absolute atomic E-state index is 0.891. The van der Waals surface area contributed by atoms with E-state index < -0.39 is 0 Å². The van der Waals surface area contributed by atoms with Crippen LogP contribution in [0.15, 0.2) is 239 Å². The van der Waals surface area contributed by atoms with Crippen molar-refractivity contribution in [1.29, 1.82) is 0 Å². The highest BCUT2D eigenvalue weighted by molar-refractivity contribution is 6.08. The largest absolute Gasteiger partial charge is 0.456 e. The number of benzene rings is 10. The van der Waals surface area contributed by atoms with Crippen molar-refractivity contribution in [2.75, 3.05) is 9.80 Å². The molecular formula is C62H44N2O2. The van der Waals surface area contributed by atoms with Gasteiger partial charge in [-0.1, -0.05) is 133 Å². The Morgan fingerprint density at radius 3 is 1.08 bits per heavy atom. The zero-order chi connectivity index (χ0) is 44.1. The lowest BCUT2D eigenvalue weighted by molar-refractivity contribution is 0.668. The highest BCUT2D eigenvalue weighted by Crippen LogP contribution is 2.46. The maximum absolute atomic E-state index is 6.22. The Morgan fingerprint density at radius 2 is 0.636 bits per heavy atom. The smallest absolute Gasteiger partial charge is 0.135 e. The van der Waals surface area contributed by atoms with E-state index in [9.17, 15) is 0 Å². The molecule has 0 fully saturated rings. The van der Waals surface area contributed by atoms with Crippen LogP contribution in [0.1, 0.15) is 11.1 Å². The molecule has 10 aromatic carbocycles. The van der Waals surface area contributed by atoms with E-state index in [4.69, 9.17) is 8.83 Å². The Balaban J connectivity index is 0.926. The van der Waals surface area contributed by atoms with Gasteiger partial charge in [0, 0.05) is 55.4 Å². The fraction of sp³-hybridized carbons (Fsp3) is 0.0323. The van der Waals surface area contributed by atoms with Gasteiger partial charge < -0.3 is 18.6 Å². The molecule has 4 nitrogen and oxygen atoms in total. The predicted octanol–water partition coefficient (Wildman–Crippen LogP) is 18.0. The third-order valence-electron chi connectivity index (χ3n) is 12.9. The summed E-state index contributed by atoms with van der Waals surface area (Å²) in [6, 6.07) is 82.1. The molecule has 0 aliphatic carbocycles. The van der Waals surface area contributed by atoms with Crippen LogP contribution in [0.3, 0.4) is 0 Å². The summed E-state index contributed by atoms with van der Waals surface area (Å²) in [5, 5.41) is 4.47. The molecule has 4 heteroatoms. The van der Waals surface area contributed by atoms with Crippen molar-refractivity contribution >= 4 is 78.0 Å². The second-order valence-corrected chi connectivity index (χ2v) is 17.0. The fourth-order valence-corrected chi connectivity index (χ4v) is 9.75. The van der Waals surface area contributed by atoms with Gasteiger partial charge >= 0.3 is 0 Å². The number of anilines is 6. The Bertz CT molecular complexity index is 3500. The molecule has 0 spiro atoms. The summed E-state index contributed by atoms with van der Waals surface area (Å²) in [4.78, 5) is 4.78. The quantitative estimate of drug-likeness (QED) is 0.145. The average Bonchev–Trinajstić information content (AvgIpc) is 3.94. The van der Waals surface area contributed by atoms with E-state index in [0.29, 0.717) is 0 Å². The third kappa shape index (κ3) is 6.79. The Morgan fingerprint density at radius 1 is 0.273 bits per heavy atom. The zero-order valence-corrected chi connectivity index (χ0v) is 36.7. The highest BCUT2D eigenvalue weighted by Gasteiger charge is 2.22. The third-order valence-corrected chi connectivity index (χ3v) is 12.9. The second kappa shape index (κ2) is 16.2. The fourth-order valence-electron chi connectivity index (χ4n) is 9.75. The van der Waals surface area contributed by atoms with Crippen LogP contribution >= 0.6 is 0 Å². The second-order valence-electron chi connectivity index (χ2n) is 17.0. The lowest BCUT2D eigenvalue weighted by atomic mass is 9.96. The number of nitrogens with zero attached hydrogens (tertiary/aromatic N) is 2. The highest BCUT2D eigenvalue weighted by atomic mass is 16.3. The van der Waals surface area contributed by atoms with E-state index in [1.165, 1.54) is 11.1 Å². The minimum atomic E-state index is 0.891. The first-order valence-electron chi connectivity index (χ1n) is 22.5. The number of furan rings is 2. The molecule has 0 saturated heterocycles. The zero-order valence-electron chi connectivity index (χ0n) is 36.7. The Kier molecular flexibility index (Phi) is 9.57. The Hall–Kier alpha value is -8.60. The van der Waals surface area contributed by atoms with Crippen molar-refractivity contribution in [3.63, 3.8) is 0 Å². The van der Waals surface area contributed by atoms with Crippen molar-refractivity contribution < 1.29 is 8.83 Å². The lowest BCUT2D eigenvalue weighted by Crippen LogP contribution is -2.13. The van der Waals surface area contributed by atoms with Crippen molar-refractivity contribution in [3.05, 3.63) is 242 Å². The minimum Gasteiger partial charge on any atom is -0.456 e. The van der Waals surface area contributed by atoms with Gasteiger partial charge in [-0.25, -0.2) is 0 Å². The van der Waals surface area contributed by atoms with Gasteiger partial charge in [0.1, 0.15) is 22.3 Å². The summed E-state index contributed by atoms with van der Waals surface area (Å²) in [7, 11) is 0. The molecule has 314 valence electrons. The molecule has 0 unspecified atom stereocenters. The molecule has 0 radical (unpaired) electrons. The van der Waals surface area contributed by atoms with Crippen molar-refractivity contribution in [2.24, 2.45) is 0 Å². The first-order chi connectivity index (χ1) is 32.6. The van der Waals surface area contributed by atoms with Gasteiger partial charge in [-0.2, -0.15) is 0 Å². The summed E-state index contributed by atoms with van der Waals surface area (Å²) in [6.45, 7) is 4.44. The van der Waals surface area contributed by atoms with E-state index in [0.717, 1.165) is 111 Å². The lowest BCUT2D eigenvalue weighted by Gasteiger charge is -2.30. The first-order valence-corrected chi connectivity index (χ1v) is 22.5. The summed E-state index contributed by atoms with van der Waals surface area (Å²) < 4.78 is 12.4. The Labute approximate surface area is 383 Å². The number of hydrogen-bond acceptors (Lipinski definition) is 4. The summed E-state index contributed by atoms with van der Waals surface area (Å²) in [5.74, 6) is 0. The molecule has 0 amide bonds. The van der Waals surface area contributed by atoms with Gasteiger partial charge in [0.2, 0.25) is 0 Å². The standard InChI is InChI=1S/C62H44N2O2/c1-41-37-43(29-33-55(41)63(47-17-5-3-6-18-47)57-25-13-9-21-49(57)45-31-35-61-53(39-45)51-23-11-15-27-59(51)65-61)44-30-34-56(42(2)38-44)64(48-19-7-4-8-20-48)58-26-14-10-22-50(58)46-32-36-62-54(40-46)52-24-12-16-28-60(52)66-62/h3-40H,1-2H3. The first kappa shape index (κ1) is 39.0. The van der Waals surface area contributed by atoms with Crippen molar-refractivity contribution in [3.8, 4) is 33.4 Å². The van der Waals surface area contributed by atoms with Gasteiger partial charge in [-0.3, -0.25) is 0 Å². The van der Waals surface area contributed by atoms with E-state index in [1.54, 1.807) is 0 Å². The summed E-state index contributed by atoms with van der Waals surface area (Å²) in [6.07, 6.45) is 0. The van der Waals surface area contributed by atoms with Gasteiger partial charge in [-0.15, -0.1) is 0 Å². The van der Waals surface area contributed by atoms with E-state index in [2.05, 4.69) is 230 Å². The molecule has 0 saturated carbocycles. The molecule has 0 aliphatic rings. The van der Waals surface area contributed by atoms with Crippen LogP contribution in [-0.2, 0) is 0 Å². The SMILES string of the molecule is Cc1cc(-c2ccc(N(c3ccccc3)c3ccccc3-c3ccc4oc5ccccc5c4c3)c(C)c2)ccc1N(c1ccccc1)c1ccccc1-c1ccc2oc3ccccc3c2c1. The van der Waals surface area contributed by atoms with E-state index in [-0.39, 0.29) is 0 Å². The van der Waals surface area contributed by atoms with Gasteiger partial charge in [-0.05, 0) is 144 Å². The summed E-state index contributed by atoms with van der Waals surface area (Å²) >= 11 is 0. The monoisotopic (exact) mass is 848 g/mol. The molecule has 0 atom stereocenters. The summed E-state index contributed by atoms with van der Waals surface area (Å²) in [5.41, 5.74) is 19.4. The number of rotatable bonds is 9. The number of hydrogen-bond donors (Lipinski definition) is 0. The number of fused-ring (bicyclic) bond motifs is 6. The maximum Gasteiger partial charge on any atom is 0.135 e. The van der Waals surface area contributed by atoms with Gasteiger partial charge in [0.25, 0.3) is 0 Å². The molecule has 0 N–H and O–H groups in total. The average molecular weight is 849 g/mol. The topological polar surface area (TPSA) is 32.8 Å². The molecule has 0 bridgehead atoms. The molecule has 2 heterocycles. The van der Waals surface area contributed by atoms with Crippen LogP contribution in [0.2, 0.25) is 0 Å². The van der Waals surface area contributed by atoms with Crippen LogP contribution in [-0.4, -0.2) is 0 Å². The molecule has 12 rings (SSSR count). The van der Waals surface area contributed by atoms with E-state index in [1.807, 2.05) is 24.3 Å². The molecular weight excluding hydrogens is 805 g/mol. The number of para-hydroxylation sites is 6. The van der Waals surface area contributed by atoms with E-state index >= 15 is 0 Å². The molecule has 2 aromatic heterocycles. The normalized spacial score (nSPS) is 11.5. The van der Waals surface area contributed by atoms with Crippen molar-refractivity contribution in [2.45, 2.75) is 13.8 Å². The van der Waals surface area contributed by atoms with Crippen molar-refractivity contribution in [1.82, 2.24) is 0 Å². The maximum atomic E-state index is 6.22. The molecule has 12 aromatic rings. The van der Waals surface area contributed by atoms with Crippen LogP contribution in [0.25, 0.3) is 77.3 Å².